The maximum absolute atomic E-state index is 11.3. The molecule has 4 heteroatoms. The molecule has 0 spiro atoms. The number of aliphatic hydroxyl groups is 1. The number of amides is 1. The summed E-state index contributed by atoms with van der Waals surface area (Å²) in [5, 5.41) is 11.5. The molecule has 1 amide bonds. The molecule has 4 nitrogen and oxygen atoms in total. The molecule has 0 bridgehead atoms. The number of nitrogens with zero attached hydrogens (tertiary/aromatic N) is 1. The highest BCUT2D eigenvalue weighted by Crippen LogP contribution is 1.88. The first-order valence-corrected chi connectivity index (χ1v) is 4.83. The van der Waals surface area contributed by atoms with Crippen molar-refractivity contribution in [2.75, 3.05) is 26.2 Å². The summed E-state index contributed by atoms with van der Waals surface area (Å²) in [6, 6.07) is 0.155. The SMILES string of the molecule is C=CCN(CCO)CC(=O)NC(C)C. The summed E-state index contributed by atoms with van der Waals surface area (Å²) in [6.07, 6.45) is 1.72. The average Bonchev–Trinajstić information content (AvgIpc) is 2.03. The van der Waals surface area contributed by atoms with Crippen LogP contribution in [0.4, 0.5) is 0 Å². The summed E-state index contributed by atoms with van der Waals surface area (Å²) in [5.74, 6) is -0.0182. The van der Waals surface area contributed by atoms with Gasteiger partial charge in [0.15, 0.2) is 0 Å². The molecule has 0 saturated carbocycles. The molecule has 2 N–H and O–H groups in total. The van der Waals surface area contributed by atoms with Crippen molar-refractivity contribution in [1.82, 2.24) is 10.2 Å². The fourth-order valence-electron chi connectivity index (χ4n) is 1.13. The van der Waals surface area contributed by atoms with E-state index in [2.05, 4.69) is 11.9 Å². The van der Waals surface area contributed by atoms with E-state index in [1.807, 2.05) is 18.7 Å². The predicted octanol–water partition coefficient (Wildman–Crippen LogP) is -0.00870. The van der Waals surface area contributed by atoms with Crippen LogP contribution in [0.5, 0.6) is 0 Å². The third-order valence-corrected chi connectivity index (χ3v) is 1.62. The summed E-state index contributed by atoms with van der Waals surface area (Å²) < 4.78 is 0. The maximum Gasteiger partial charge on any atom is 0.234 e. The first kappa shape index (κ1) is 13.1. The zero-order valence-electron chi connectivity index (χ0n) is 8.99. The predicted molar refractivity (Wildman–Crippen MR) is 57.0 cm³/mol. The Labute approximate surface area is 85.6 Å². The molecular weight excluding hydrogens is 180 g/mol. The van der Waals surface area contributed by atoms with E-state index >= 15 is 0 Å². The number of aliphatic hydroxyl groups excluding tert-OH is 1. The quantitative estimate of drug-likeness (QED) is 0.568. The lowest BCUT2D eigenvalue weighted by molar-refractivity contribution is -0.122. The van der Waals surface area contributed by atoms with E-state index in [4.69, 9.17) is 5.11 Å². The van der Waals surface area contributed by atoms with Crippen molar-refractivity contribution < 1.29 is 9.90 Å². The van der Waals surface area contributed by atoms with Gasteiger partial charge >= 0.3 is 0 Å². The number of hydrogen-bond donors (Lipinski definition) is 2. The molecule has 0 atom stereocenters. The van der Waals surface area contributed by atoms with E-state index in [-0.39, 0.29) is 18.6 Å². The largest absolute Gasteiger partial charge is 0.395 e. The van der Waals surface area contributed by atoms with Gasteiger partial charge in [0.2, 0.25) is 5.91 Å². The molecule has 0 aliphatic heterocycles. The number of carbonyl (C=O) groups excluding carboxylic acids is 1. The average molecular weight is 200 g/mol. The van der Waals surface area contributed by atoms with Crippen LogP contribution in [-0.2, 0) is 4.79 Å². The Morgan fingerprint density at radius 1 is 1.64 bits per heavy atom. The van der Waals surface area contributed by atoms with Gasteiger partial charge in [0, 0.05) is 19.1 Å². The van der Waals surface area contributed by atoms with E-state index in [0.717, 1.165) is 0 Å². The van der Waals surface area contributed by atoms with Crippen LogP contribution in [0.2, 0.25) is 0 Å². The smallest absolute Gasteiger partial charge is 0.234 e. The normalized spacial score (nSPS) is 10.6. The molecule has 0 radical (unpaired) electrons. The minimum atomic E-state index is -0.0182. The van der Waals surface area contributed by atoms with E-state index in [1.165, 1.54) is 0 Å². The second-order valence-corrected chi connectivity index (χ2v) is 3.47. The highest BCUT2D eigenvalue weighted by atomic mass is 16.3. The highest BCUT2D eigenvalue weighted by Gasteiger charge is 2.09. The fourth-order valence-corrected chi connectivity index (χ4v) is 1.13. The van der Waals surface area contributed by atoms with Crippen LogP contribution in [0.25, 0.3) is 0 Å². The van der Waals surface area contributed by atoms with Gasteiger partial charge in [0.05, 0.1) is 13.2 Å². The molecule has 0 aliphatic carbocycles. The fraction of sp³-hybridized carbons (Fsp3) is 0.700. The van der Waals surface area contributed by atoms with Crippen LogP contribution in [0.1, 0.15) is 13.8 Å². The zero-order chi connectivity index (χ0) is 11.0. The Balaban J connectivity index is 3.88. The van der Waals surface area contributed by atoms with Gasteiger partial charge in [0.25, 0.3) is 0 Å². The van der Waals surface area contributed by atoms with Gasteiger partial charge in [0.1, 0.15) is 0 Å². The van der Waals surface area contributed by atoms with Crippen molar-refractivity contribution in [2.45, 2.75) is 19.9 Å². The summed E-state index contributed by atoms with van der Waals surface area (Å²) in [5.41, 5.74) is 0. The number of hydrogen-bond acceptors (Lipinski definition) is 3. The standard InChI is InChI=1S/C10H20N2O2/c1-4-5-12(6-7-13)8-10(14)11-9(2)3/h4,9,13H,1,5-8H2,2-3H3,(H,11,14). The van der Waals surface area contributed by atoms with Gasteiger partial charge in [-0.1, -0.05) is 6.08 Å². The van der Waals surface area contributed by atoms with Crippen LogP contribution in [0, 0.1) is 0 Å². The van der Waals surface area contributed by atoms with E-state index in [1.54, 1.807) is 6.08 Å². The molecule has 0 aromatic heterocycles. The monoisotopic (exact) mass is 200 g/mol. The van der Waals surface area contributed by atoms with Crippen LogP contribution in [0.3, 0.4) is 0 Å². The molecular formula is C10H20N2O2. The third-order valence-electron chi connectivity index (χ3n) is 1.62. The lowest BCUT2D eigenvalue weighted by atomic mass is 10.3. The molecule has 0 aromatic rings. The van der Waals surface area contributed by atoms with E-state index in [9.17, 15) is 4.79 Å². The molecule has 0 fully saturated rings. The third kappa shape index (κ3) is 6.62. The second-order valence-electron chi connectivity index (χ2n) is 3.47. The Morgan fingerprint density at radius 3 is 2.71 bits per heavy atom. The van der Waals surface area contributed by atoms with Crippen molar-refractivity contribution in [3.05, 3.63) is 12.7 Å². The molecule has 0 aliphatic rings. The first-order chi connectivity index (χ1) is 6.60. The Hall–Kier alpha value is -0.870. The first-order valence-electron chi connectivity index (χ1n) is 4.83. The summed E-state index contributed by atoms with van der Waals surface area (Å²) in [4.78, 5) is 13.2. The van der Waals surface area contributed by atoms with Crippen molar-refractivity contribution >= 4 is 5.91 Å². The van der Waals surface area contributed by atoms with Gasteiger partial charge in [-0.05, 0) is 13.8 Å². The summed E-state index contributed by atoms with van der Waals surface area (Å²) in [7, 11) is 0. The minimum Gasteiger partial charge on any atom is -0.395 e. The van der Waals surface area contributed by atoms with Gasteiger partial charge in [-0.3, -0.25) is 9.69 Å². The van der Waals surface area contributed by atoms with Gasteiger partial charge < -0.3 is 10.4 Å². The highest BCUT2D eigenvalue weighted by molar-refractivity contribution is 5.78. The van der Waals surface area contributed by atoms with Crippen LogP contribution in [-0.4, -0.2) is 48.2 Å². The zero-order valence-corrected chi connectivity index (χ0v) is 8.99. The molecule has 14 heavy (non-hydrogen) atoms. The van der Waals surface area contributed by atoms with E-state index in [0.29, 0.717) is 19.6 Å². The number of carbonyl (C=O) groups is 1. The number of rotatable bonds is 7. The van der Waals surface area contributed by atoms with Crippen LogP contribution >= 0.6 is 0 Å². The van der Waals surface area contributed by atoms with Crippen molar-refractivity contribution in [2.24, 2.45) is 0 Å². The molecule has 82 valence electrons. The Morgan fingerprint density at radius 2 is 2.29 bits per heavy atom. The topological polar surface area (TPSA) is 52.6 Å². The molecule has 0 heterocycles. The lowest BCUT2D eigenvalue weighted by Gasteiger charge is -2.19. The van der Waals surface area contributed by atoms with Gasteiger partial charge in [-0.25, -0.2) is 0 Å². The molecule has 0 rings (SSSR count). The maximum atomic E-state index is 11.3. The van der Waals surface area contributed by atoms with E-state index < -0.39 is 0 Å². The minimum absolute atomic E-state index is 0.0182. The van der Waals surface area contributed by atoms with Gasteiger partial charge in [-0.15, -0.1) is 6.58 Å². The Kier molecular flexibility index (Phi) is 7.06. The lowest BCUT2D eigenvalue weighted by Crippen LogP contribution is -2.41. The van der Waals surface area contributed by atoms with Crippen molar-refractivity contribution in [3.63, 3.8) is 0 Å². The molecule has 0 unspecified atom stereocenters. The molecule has 0 aromatic carbocycles. The summed E-state index contributed by atoms with van der Waals surface area (Å²) in [6.45, 7) is 8.92. The number of nitrogens with one attached hydrogen (secondary N) is 1. The van der Waals surface area contributed by atoms with Crippen LogP contribution < -0.4 is 5.32 Å². The van der Waals surface area contributed by atoms with Crippen molar-refractivity contribution in [3.8, 4) is 0 Å². The van der Waals surface area contributed by atoms with Gasteiger partial charge in [-0.2, -0.15) is 0 Å². The van der Waals surface area contributed by atoms with Crippen LogP contribution in [0.15, 0.2) is 12.7 Å². The van der Waals surface area contributed by atoms with Crippen molar-refractivity contribution in [1.29, 1.82) is 0 Å². The molecule has 0 saturated heterocycles. The second kappa shape index (κ2) is 7.53. The summed E-state index contributed by atoms with van der Waals surface area (Å²) >= 11 is 0. The Bertz CT molecular complexity index is 181.